The Bertz CT molecular complexity index is 1060. The number of furan rings is 2. The van der Waals surface area contributed by atoms with E-state index in [1.54, 1.807) is 36.4 Å². The number of aliphatic hydroxyl groups is 1. The summed E-state index contributed by atoms with van der Waals surface area (Å²) in [4.78, 5) is 26.9. The number of Topliss-reactive ketones (excluding diaryl/α,β-unsaturated/α-hetero) is 1. The molecule has 4 rings (SSSR count). The molecule has 1 aliphatic rings. The molecular formula is C22H19NO5. The Morgan fingerprint density at radius 3 is 2.43 bits per heavy atom. The van der Waals surface area contributed by atoms with Crippen LogP contribution in [-0.4, -0.2) is 21.7 Å². The summed E-state index contributed by atoms with van der Waals surface area (Å²) in [5.41, 5.74) is 2.53. The average Bonchev–Trinajstić information content (AvgIpc) is 3.42. The van der Waals surface area contributed by atoms with Gasteiger partial charge in [-0.3, -0.25) is 9.59 Å². The third kappa shape index (κ3) is 2.93. The highest BCUT2D eigenvalue weighted by molar-refractivity contribution is 6.46. The number of amides is 1. The zero-order valence-electron chi connectivity index (χ0n) is 15.5. The summed E-state index contributed by atoms with van der Waals surface area (Å²) in [7, 11) is 0. The maximum Gasteiger partial charge on any atom is 0.296 e. The lowest BCUT2D eigenvalue weighted by molar-refractivity contribution is -0.140. The second kappa shape index (κ2) is 6.88. The number of ketones is 1. The highest BCUT2D eigenvalue weighted by Gasteiger charge is 2.47. The van der Waals surface area contributed by atoms with Gasteiger partial charge in [0.05, 0.1) is 24.6 Å². The van der Waals surface area contributed by atoms with Gasteiger partial charge in [-0.05, 0) is 55.3 Å². The van der Waals surface area contributed by atoms with Gasteiger partial charge in [0.1, 0.15) is 23.3 Å². The largest absolute Gasteiger partial charge is 0.507 e. The van der Waals surface area contributed by atoms with E-state index in [1.165, 1.54) is 17.4 Å². The zero-order chi connectivity index (χ0) is 19.8. The lowest BCUT2D eigenvalue weighted by Crippen LogP contribution is -2.28. The number of carbonyl (C=O) groups is 2. The standard InChI is InChI=1S/C22H19NO5/c1-13-7-8-15(11-14(13)2)20(24)18-19(17-6-4-10-28-17)23(22(26)21(18)25)12-16-5-3-9-27-16/h3-11,19,24H,12H2,1-2H3/b20-18-. The molecule has 1 amide bonds. The molecule has 1 saturated heterocycles. The number of aryl methyl sites for hydroxylation is 2. The van der Waals surface area contributed by atoms with Gasteiger partial charge >= 0.3 is 0 Å². The molecule has 142 valence electrons. The Balaban J connectivity index is 1.85. The number of likely N-dealkylation sites (tertiary alicyclic amines) is 1. The third-order valence-corrected chi connectivity index (χ3v) is 5.04. The Hall–Kier alpha value is -3.54. The summed E-state index contributed by atoms with van der Waals surface area (Å²) in [5.74, 6) is -0.738. The summed E-state index contributed by atoms with van der Waals surface area (Å²) in [6, 6.07) is 11.4. The first-order valence-corrected chi connectivity index (χ1v) is 8.89. The summed E-state index contributed by atoms with van der Waals surface area (Å²) >= 11 is 0. The topological polar surface area (TPSA) is 83.9 Å². The zero-order valence-corrected chi connectivity index (χ0v) is 15.5. The van der Waals surface area contributed by atoms with Crippen molar-refractivity contribution in [1.29, 1.82) is 0 Å². The van der Waals surface area contributed by atoms with Gasteiger partial charge in [-0.15, -0.1) is 0 Å². The maximum absolute atomic E-state index is 12.8. The van der Waals surface area contributed by atoms with Gasteiger partial charge in [0.15, 0.2) is 0 Å². The van der Waals surface area contributed by atoms with Crippen LogP contribution in [-0.2, 0) is 16.1 Å². The Morgan fingerprint density at radius 1 is 1.04 bits per heavy atom. The lowest BCUT2D eigenvalue weighted by Gasteiger charge is -2.22. The van der Waals surface area contributed by atoms with Gasteiger partial charge in [0.2, 0.25) is 0 Å². The van der Waals surface area contributed by atoms with E-state index in [4.69, 9.17) is 8.83 Å². The Kier molecular flexibility index (Phi) is 4.39. The summed E-state index contributed by atoms with van der Waals surface area (Å²) in [5, 5.41) is 11.0. The van der Waals surface area contributed by atoms with E-state index in [2.05, 4.69) is 0 Å². The van der Waals surface area contributed by atoms with Crippen molar-refractivity contribution in [1.82, 2.24) is 4.90 Å². The molecule has 6 heteroatoms. The molecule has 0 saturated carbocycles. The van der Waals surface area contributed by atoms with E-state index >= 15 is 0 Å². The second-order valence-electron chi connectivity index (χ2n) is 6.82. The van der Waals surface area contributed by atoms with Crippen molar-refractivity contribution < 1.29 is 23.5 Å². The van der Waals surface area contributed by atoms with E-state index in [9.17, 15) is 14.7 Å². The minimum atomic E-state index is -0.832. The normalized spacial score (nSPS) is 18.8. The Morgan fingerprint density at radius 2 is 1.79 bits per heavy atom. The summed E-state index contributed by atoms with van der Waals surface area (Å²) < 4.78 is 10.8. The van der Waals surface area contributed by atoms with Gasteiger partial charge in [-0.1, -0.05) is 12.1 Å². The molecule has 0 spiro atoms. The molecule has 0 bridgehead atoms. The molecule has 0 aliphatic carbocycles. The first-order valence-electron chi connectivity index (χ1n) is 8.89. The van der Waals surface area contributed by atoms with E-state index in [-0.39, 0.29) is 17.9 Å². The molecule has 1 unspecified atom stereocenters. The van der Waals surface area contributed by atoms with Crippen LogP contribution in [0.1, 0.15) is 34.3 Å². The average molecular weight is 377 g/mol. The molecule has 3 aromatic rings. The van der Waals surface area contributed by atoms with Crippen LogP contribution in [0.25, 0.3) is 5.76 Å². The van der Waals surface area contributed by atoms with Gasteiger partial charge in [0.25, 0.3) is 11.7 Å². The van der Waals surface area contributed by atoms with E-state index in [0.29, 0.717) is 17.1 Å². The second-order valence-corrected chi connectivity index (χ2v) is 6.82. The van der Waals surface area contributed by atoms with Crippen molar-refractivity contribution in [2.45, 2.75) is 26.4 Å². The number of benzene rings is 1. The van der Waals surface area contributed by atoms with Crippen LogP contribution >= 0.6 is 0 Å². The molecule has 1 atom stereocenters. The first-order chi connectivity index (χ1) is 13.5. The first kappa shape index (κ1) is 17.9. The number of rotatable bonds is 4. The summed E-state index contributed by atoms with van der Waals surface area (Å²) in [6.45, 7) is 3.97. The van der Waals surface area contributed by atoms with Crippen LogP contribution in [0.2, 0.25) is 0 Å². The van der Waals surface area contributed by atoms with E-state index in [1.807, 2.05) is 19.9 Å². The van der Waals surface area contributed by atoms with E-state index < -0.39 is 17.7 Å². The van der Waals surface area contributed by atoms with Crippen molar-refractivity contribution in [3.05, 3.63) is 88.8 Å². The van der Waals surface area contributed by atoms with Crippen molar-refractivity contribution in [3.8, 4) is 0 Å². The molecule has 28 heavy (non-hydrogen) atoms. The number of hydrogen-bond donors (Lipinski definition) is 1. The molecule has 6 nitrogen and oxygen atoms in total. The molecule has 2 aromatic heterocycles. The van der Waals surface area contributed by atoms with Crippen molar-refractivity contribution >= 4 is 17.4 Å². The van der Waals surface area contributed by atoms with E-state index in [0.717, 1.165) is 11.1 Å². The third-order valence-electron chi connectivity index (χ3n) is 5.04. The number of carbonyl (C=O) groups excluding carboxylic acids is 2. The van der Waals surface area contributed by atoms with Crippen molar-refractivity contribution in [3.63, 3.8) is 0 Å². The number of nitrogens with zero attached hydrogens (tertiary/aromatic N) is 1. The van der Waals surface area contributed by atoms with Gasteiger partial charge in [-0.2, -0.15) is 0 Å². The van der Waals surface area contributed by atoms with Crippen LogP contribution in [0.3, 0.4) is 0 Å². The van der Waals surface area contributed by atoms with Crippen LogP contribution in [0.5, 0.6) is 0 Å². The molecule has 1 aliphatic heterocycles. The molecule has 3 heterocycles. The number of aliphatic hydroxyl groups excluding tert-OH is 1. The molecule has 0 radical (unpaired) electrons. The van der Waals surface area contributed by atoms with Gasteiger partial charge < -0.3 is 18.8 Å². The Labute approximate surface area is 161 Å². The van der Waals surface area contributed by atoms with Gasteiger partial charge in [0, 0.05) is 5.56 Å². The fraction of sp³-hybridized carbons (Fsp3) is 0.182. The smallest absolute Gasteiger partial charge is 0.296 e. The molecule has 1 aromatic carbocycles. The molecule has 1 N–H and O–H groups in total. The van der Waals surface area contributed by atoms with Crippen molar-refractivity contribution in [2.75, 3.05) is 0 Å². The predicted molar refractivity (Wildman–Crippen MR) is 101 cm³/mol. The minimum absolute atomic E-state index is 0.00904. The van der Waals surface area contributed by atoms with Crippen LogP contribution in [0, 0.1) is 13.8 Å². The fourth-order valence-corrected chi connectivity index (χ4v) is 3.40. The lowest BCUT2D eigenvalue weighted by atomic mass is 9.97. The monoisotopic (exact) mass is 377 g/mol. The van der Waals surface area contributed by atoms with Crippen LogP contribution in [0.4, 0.5) is 0 Å². The quantitative estimate of drug-likeness (QED) is 0.420. The van der Waals surface area contributed by atoms with Crippen LogP contribution < -0.4 is 0 Å². The highest BCUT2D eigenvalue weighted by atomic mass is 16.3. The van der Waals surface area contributed by atoms with Crippen LogP contribution in [0.15, 0.2) is 69.4 Å². The summed E-state index contributed by atoms with van der Waals surface area (Å²) in [6.07, 6.45) is 2.97. The molecular weight excluding hydrogens is 358 g/mol. The maximum atomic E-state index is 12.8. The highest BCUT2D eigenvalue weighted by Crippen LogP contribution is 2.40. The molecule has 1 fully saturated rings. The number of hydrogen-bond acceptors (Lipinski definition) is 5. The van der Waals surface area contributed by atoms with Gasteiger partial charge in [-0.25, -0.2) is 0 Å². The minimum Gasteiger partial charge on any atom is -0.507 e. The SMILES string of the molecule is Cc1ccc(/C(O)=C2/C(=O)C(=O)N(Cc3ccco3)C2c2ccco2)cc1C. The fourth-order valence-electron chi connectivity index (χ4n) is 3.40. The predicted octanol–water partition coefficient (Wildman–Crippen LogP) is 4.11. The van der Waals surface area contributed by atoms with Crippen molar-refractivity contribution in [2.24, 2.45) is 0 Å².